The van der Waals surface area contributed by atoms with Crippen molar-refractivity contribution >= 4 is 0 Å². The Bertz CT molecular complexity index is 337. The van der Waals surface area contributed by atoms with E-state index in [0.29, 0.717) is 12.7 Å². The van der Waals surface area contributed by atoms with Gasteiger partial charge >= 0.3 is 0 Å². The van der Waals surface area contributed by atoms with Gasteiger partial charge in [0.05, 0.1) is 18.2 Å². The van der Waals surface area contributed by atoms with Crippen molar-refractivity contribution in [2.24, 2.45) is 5.73 Å². The third-order valence-corrected chi connectivity index (χ3v) is 2.96. The molecule has 90 valence electrons. The van der Waals surface area contributed by atoms with Crippen LogP contribution < -0.4 is 5.73 Å². The van der Waals surface area contributed by atoms with E-state index in [-0.39, 0.29) is 12.1 Å². The number of ether oxygens (including phenoxy) is 2. The van der Waals surface area contributed by atoms with Gasteiger partial charge in [-0.2, -0.15) is 0 Å². The molecule has 1 fully saturated rings. The minimum Gasteiger partial charge on any atom is -0.462 e. The first-order valence-electron chi connectivity index (χ1n) is 5.69. The molecule has 3 unspecified atom stereocenters. The molecule has 0 amide bonds. The van der Waals surface area contributed by atoms with Gasteiger partial charge < -0.3 is 19.6 Å². The van der Waals surface area contributed by atoms with Gasteiger partial charge in [-0.3, -0.25) is 0 Å². The molecule has 0 saturated carbocycles. The molecule has 2 N–H and O–H groups in total. The number of furan rings is 1. The largest absolute Gasteiger partial charge is 0.462 e. The highest BCUT2D eigenvalue weighted by molar-refractivity contribution is 5.11. The van der Waals surface area contributed by atoms with Crippen LogP contribution >= 0.6 is 0 Å². The Labute approximate surface area is 95.7 Å². The first kappa shape index (κ1) is 11.6. The monoisotopic (exact) mass is 225 g/mol. The molecule has 1 aliphatic rings. The summed E-state index contributed by atoms with van der Waals surface area (Å²) in [6, 6.07) is 3.64. The van der Waals surface area contributed by atoms with Crippen molar-refractivity contribution in [3.8, 4) is 0 Å². The average Bonchev–Trinajstić information content (AvgIpc) is 2.87. The summed E-state index contributed by atoms with van der Waals surface area (Å²) >= 11 is 0. The molecule has 1 aromatic heterocycles. The lowest BCUT2D eigenvalue weighted by atomic mass is 10.1. The third-order valence-electron chi connectivity index (χ3n) is 2.96. The van der Waals surface area contributed by atoms with Gasteiger partial charge in [-0.1, -0.05) is 0 Å². The maximum atomic E-state index is 6.11. The van der Waals surface area contributed by atoms with Crippen molar-refractivity contribution < 1.29 is 13.9 Å². The van der Waals surface area contributed by atoms with Gasteiger partial charge in [-0.05, 0) is 31.9 Å². The highest BCUT2D eigenvalue weighted by Crippen LogP contribution is 2.29. The summed E-state index contributed by atoms with van der Waals surface area (Å²) in [7, 11) is 1.64. The summed E-state index contributed by atoms with van der Waals surface area (Å²) in [5.74, 6) is 1.59. The molecule has 1 saturated heterocycles. The summed E-state index contributed by atoms with van der Waals surface area (Å²) in [5.41, 5.74) is 6.11. The third kappa shape index (κ3) is 2.45. The lowest BCUT2D eigenvalue weighted by molar-refractivity contribution is 0.0352. The van der Waals surface area contributed by atoms with Crippen molar-refractivity contribution in [2.45, 2.75) is 44.6 Å². The van der Waals surface area contributed by atoms with Crippen molar-refractivity contribution in [1.82, 2.24) is 0 Å². The van der Waals surface area contributed by atoms with E-state index in [4.69, 9.17) is 19.6 Å². The second-order valence-electron chi connectivity index (χ2n) is 4.33. The second kappa shape index (κ2) is 4.99. The Hall–Kier alpha value is -0.840. The van der Waals surface area contributed by atoms with Gasteiger partial charge in [0.2, 0.25) is 0 Å². The van der Waals surface area contributed by atoms with Crippen LogP contribution in [0.4, 0.5) is 0 Å². The summed E-state index contributed by atoms with van der Waals surface area (Å²) in [4.78, 5) is 0. The molecular weight excluding hydrogens is 206 g/mol. The van der Waals surface area contributed by atoms with Crippen LogP contribution in [0.2, 0.25) is 0 Å². The van der Waals surface area contributed by atoms with E-state index in [1.54, 1.807) is 7.11 Å². The lowest BCUT2D eigenvalue weighted by Crippen LogP contribution is -2.25. The molecule has 4 heteroatoms. The van der Waals surface area contributed by atoms with Crippen molar-refractivity contribution in [3.63, 3.8) is 0 Å². The quantitative estimate of drug-likeness (QED) is 0.851. The lowest BCUT2D eigenvalue weighted by Gasteiger charge is -2.17. The predicted octanol–water partition coefficient (Wildman–Crippen LogP) is 1.99. The molecule has 0 aromatic carbocycles. The molecule has 16 heavy (non-hydrogen) atoms. The van der Waals surface area contributed by atoms with Gasteiger partial charge in [0.25, 0.3) is 0 Å². The van der Waals surface area contributed by atoms with Crippen molar-refractivity contribution in [1.29, 1.82) is 0 Å². The van der Waals surface area contributed by atoms with E-state index in [2.05, 4.69) is 6.92 Å². The van der Waals surface area contributed by atoms with E-state index in [0.717, 1.165) is 24.4 Å². The second-order valence-corrected chi connectivity index (χ2v) is 4.33. The number of hydrogen-bond donors (Lipinski definition) is 1. The maximum Gasteiger partial charge on any atom is 0.129 e. The Morgan fingerprint density at radius 3 is 2.94 bits per heavy atom. The fraction of sp³-hybridized carbons (Fsp3) is 0.667. The topological polar surface area (TPSA) is 57.6 Å². The van der Waals surface area contributed by atoms with Gasteiger partial charge in [0.1, 0.15) is 18.1 Å². The summed E-state index contributed by atoms with van der Waals surface area (Å²) < 4.78 is 16.3. The average molecular weight is 225 g/mol. The van der Waals surface area contributed by atoms with Gasteiger partial charge in [-0.15, -0.1) is 0 Å². The molecule has 0 bridgehead atoms. The smallest absolute Gasteiger partial charge is 0.129 e. The van der Waals surface area contributed by atoms with E-state index in [9.17, 15) is 0 Å². The Kier molecular flexibility index (Phi) is 3.63. The zero-order valence-electron chi connectivity index (χ0n) is 9.81. The van der Waals surface area contributed by atoms with Crippen molar-refractivity contribution in [3.05, 3.63) is 23.7 Å². The minimum atomic E-state index is -0.171. The van der Waals surface area contributed by atoms with Gasteiger partial charge in [-0.25, -0.2) is 0 Å². The SMILES string of the molecule is COCc1ccc(C(N)C2CCC(C)O2)o1. The molecule has 1 aromatic rings. The first-order valence-corrected chi connectivity index (χ1v) is 5.69. The fourth-order valence-electron chi connectivity index (χ4n) is 2.07. The molecule has 0 spiro atoms. The Morgan fingerprint density at radius 2 is 2.31 bits per heavy atom. The standard InChI is InChI=1S/C12H19NO3/c1-8-3-5-10(15-8)12(13)11-6-4-9(16-11)7-14-2/h4,6,8,10,12H,3,5,7,13H2,1-2H3. The van der Waals surface area contributed by atoms with Crippen LogP contribution in [0.5, 0.6) is 0 Å². The summed E-state index contributed by atoms with van der Waals surface area (Å²) in [5, 5.41) is 0. The Morgan fingerprint density at radius 1 is 1.50 bits per heavy atom. The van der Waals surface area contributed by atoms with Crippen LogP contribution in [0.3, 0.4) is 0 Å². The van der Waals surface area contributed by atoms with Crippen LogP contribution in [-0.2, 0) is 16.1 Å². The van der Waals surface area contributed by atoms with E-state index in [1.165, 1.54) is 0 Å². The Balaban J connectivity index is 1.99. The van der Waals surface area contributed by atoms with Crippen LogP contribution in [0.15, 0.2) is 16.5 Å². The maximum absolute atomic E-state index is 6.11. The molecule has 2 rings (SSSR count). The van der Waals surface area contributed by atoms with E-state index >= 15 is 0 Å². The summed E-state index contributed by atoms with van der Waals surface area (Å²) in [6.07, 6.45) is 2.47. The fourth-order valence-corrected chi connectivity index (χ4v) is 2.07. The molecule has 0 aliphatic carbocycles. The number of nitrogens with two attached hydrogens (primary N) is 1. The predicted molar refractivity (Wildman–Crippen MR) is 59.9 cm³/mol. The highest BCUT2D eigenvalue weighted by Gasteiger charge is 2.29. The van der Waals surface area contributed by atoms with Crippen molar-refractivity contribution in [2.75, 3.05) is 7.11 Å². The number of rotatable bonds is 4. The minimum absolute atomic E-state index is 0.0801. The van der Waals surface area contributed by atoms with Crippen LogP contribution in [-0.4, -0.2) is 19.3 Å². The van der Waals surface area contributed by atoms with Gasteiger partial charge in [0, 0.05) is 7.11 Å². The number of methoxy groups -OCH3 is 1. The summed E-state index contributed by atoms with van der Waals surface area (Å²) in [6.45, 7) is 2.56. The van der Waals surface area contributed by atoms with Crippen LogP contribution in [0.25, 0.3) is 0 Å². The molecular formula is C12H19NO3. The first-order chi connectivity index (χ1) is 7.70. The zero-order chi connectivity index (χ0) is 11.5. The molecule has 4 nitrogen and oxygen atoms in total. The molecule has 1 aliphatic heterocycles. The molecule has 0 radical (unpaired) electrons. The van der Waals surface area contributed by atoms with E-state index in [1.807, 2.05) is 12.1 Å². The van der Waals surface area contributed by atoms with E-state index < -0.39 is 0 Å². The van der Waals surface area contributed by atoms with Crippen LogP contribution in [0.1, 0.15) is 37.3 Å². The van der Waals surface area contributed by atoms with Crippen LogP contribution in [0, 0.1) is 0 Å². The normalized spacial score (nSPS) is 27.2. The molecule has 3 atom stereocenters. The molecule has 2 heterocycles. The van der Waals surface area contributed by atoms with Gasteiger partial charge in [0.15, 0.2) is 0 Å². The number of hydrogen-bond acceptors (Lipinski definition) is 4. The highest BCUT2D eigenvalue weighted by atomic mass is 16.5. The zero-order valence-corrected chi connectivity index (χ0v) is 9.81.